The van der Waals surface area contributed by atoms with Gasteiger partial charge in [0.1, 0.15) is 17.8 Å². The first-order chi connectivity index (χ1) is 10.0. The molecule has 0 radical (unpaired) electrons. The van der Waals surface area contributed by atoms with Crippen LogP contribution in [0.25, 0.3) is 0 Å². The van der Waals surface area contributed by atoms with E-state index < -0.39 is 37.4 Å². The summed E-state index contributed by atoms with van der Waals surface area (Å²) in [5, 5.41) is 29.8. The highest BCUT2D eigenvalue weighted by Gasteiger charge is 2.47. The Hall–Kier alpha value is -2.06. The molecular formula is C10H4F3IN4O3S. The molecule has 22 heavy (non-hydrogen) atoms. The Morgan fingerprint density at radius 2 is 1.86 bits per heavy atom. The predicted octanol–water partition coefficient (Wildman–Crippen LogP) is 2.11. The first-order valence-electron chi connectivity index (χ1n) is 5.02. The molecule has 0 saturated heterocycles. The van der Waals surface area contributed by atoms with Crippen molar-refractivity contribution in [3.8, 4) is 17.9 Å². The highest BCUT2D eigenvalue weighted by Crippen LogP contribution is 2.37. The van der Waals surface area contributed by atoms with Crippen molar-refractivity contribution in [2.75, 3.05) is 5.43 Å². The summed E-state index contributed by atoms with van der Waals surface area (Å²) in [5.74, 6) is -0.583. The number of nitriles is 2. The lowest BCUT2D eigenvalue weighted by Crippen LogP contribution is -2.23. The zero-order chi connectivity index (χ0) is 17.1. The largest absolute Gasteiger partial charge is 0.505 e. The number of nitrogens with zero attached hydrogens (tertiary/aromatic N) is 3. The van der Waals surface area contributed by atoms with E-state index in [1.54, 1.807) is 0 Å². The van der Waals surface area contributed by atoms with Crippen molar-refractivity contribution in [2.45, 2.75) is 10.4 Å². The molecule has 7 nitrogen and oxygen atoms in total. The van der Waals surface area contributed by atoms with E-state index in [1.165, 1.54) is 34.7 Å². The van der Waals surface area contributed by atoms with Crippen molar-refractivity contribution in [1.82, 2.24) is 0 Å². The average molecular weight is 444 g/mol. The van der Waals surface area contributed by atoms with Crippen LogP contribution in [0, 0.1) is 26.2 Å². The highest BCUT2D eigenvalue weighted by atomic mass is 127. The van der Waals surface area contributed by atoms with Crippen molar-refractivity contribution in [2.24, 2.45) is 5.10 Å². The number of hydrazone groups is 1. The van der Waals surface area contributed by atoms with E-state index in [0.717, 1.165) is 0 Å². The molecule has 0 unspecified atom stereocenters. The lowest BCUT2D eigenvalue weighted by atomic mass is 10.3. The fourth-order valence-corrected chi connectivity index (χ4v) is 2.79. The number of hydrogen-bond donors (Lipinski definition) is 2. The van der Waals surface area contributed by atoms with Crippen LogP contribution in [0.2, 0.25) is 0 Å². The van der Waals surface area contributed by atoms with Gasteiger partial charge in [0.25, 0.3) is 9.84 Å². The average Bonchev–Trinajstić information content (AvgIpc) is 2.42. The minimum atomic E-state index is -5.62. The molecule has 1 aromatic rings. The van der Waals surface area contributed by atoms with Gasteiger partial charge < -0.3 is 5.11 Å². The number of halogens is 4. The maximum atomic E-state index is 12.5. The summed E-state index contributed by atoms with van der Waals surface area (Å²) in [6, 6.07) is 3.86. The number of hydrogen-bond acceptors (Lipinski definition) is 7. The second-order valence-corrected chi connectivity index (χ2v) is 6.65. The number of rotatable bonds is 3. The quantitative estimate of drug-likeness (QED) is 0.318. The molecule has 2 N–H and O–H groups in total. The van der Waals surface area contributed by atoms with E-state index >= 15 is 0 Å². The molecule has 0 aliphatic rings. The van der Waals surface area contributed by atoms with Gasteiger partial charge in [-0.1, -0.05) is 0 Å². The number of sulfone groups is 1. The zero-order valence-electron chi connectivity index (χ0n) is 10.2. The second kappa shape index (κ2) is 6.37. The topological polar surface area (TPSA) is 126 Å². The normalized spacial score (nSPS) is 11.2. The number of nitrogens with one attached hydrogen (secondary N) is 1. The van der Waals surface area contributed by atoms with Crippen LogP contribution in [0.5, 0.6) is 5.75 Å². The summed E-state index contributed by atoms with van der Waals surface area (Å²) in [4.78, 5) is -1.12. The van der Waals surface area contributed by atoms with Crippen molar-refractivity contribution >= 4 is 43.8 Å². The first-order valence-corrected chi connectivity index (χ1v) is 7.58. The maximum Gasteiger partial charge on any atom is 0.501 e. The van der Waals surface area contributed by atoms with Gasteiger partial charge in [0.2, 0.25) is 5.71 Å². The summed E-state index contributed by atoms with van der Waals surface area (Å²) < 4.78 is 60.0. The van der Waals surface area contributed by atoms with Crippen molar-refractivity contribution in [3.63, 3.8) is 0 Å². The molecular weight excluding hydrogens is 440 g/mol. The molecule has 0 amide bonds. The van der Waals surface area contributed by atoms with Crippen LogP contribution in [-0.4, -0.2) is 24.7 Å². The second-order valence-electron chi connectivity index (χ2n) is 3.55. The Kier molecular flexibility index (Phi) is 5.21. The van der Waals surface area contributed by atoms with Gasteiger partial charge in [-0.2, -0.15) is 28.8 Å². The Morgan fingerprint density at radius 1 is 1.32 bits per heavy atom. The van der Waals surface area contributed by atoms with Gasteiger partial charge in [0.15, 0.2) is 5.75 Å². The predicted molar refractivity (Wildman–Crippen MR) is 76.3 cm³/mol. The molecule has 116 valence electrons. The number of phenols is 1. The lowest BCUT2D eigenvalue weighted by molar-refractivity contribution is -0.0436. The van der Waals surface area contributed by atoms with E-state index in [9.17, 15) is 26.7 Å². The fraction of sp³-hybridized carbons (Fsp3) is 0.100. The van der Waals surface area contributed by atoms with Gasteiger partial charge in [-0.25, -0.2) is 8.42 Å². The smallest absolute Gasteiger partial charge is 0.501 e. The summed E-state index contributed by atoms with van der Waals surface area (Å²) in [7, 11) is -5.62. The van der Waals surface area contributed by atoms with Crippen LogP contribution < -0.4 is 5.43 Å². The van der Waals surface area contributed by atoms with Crippen LogP contribution >= 0.6 is 22.6 Å². The van der Waals surface area contributed by atoms with Gasteiger partial charge in [0.05, 0.1) is 8.47 Å². The molecule has 0 aliphatic carbocycles. The summed E-state index contributed by atoms with van der Waals surface area (Å²) in [6.07, 6.45) is 0. The molecule has 0 fully saturated rings. The third-order valence-electron chi connectivity index (χ3n) is 2.15. The molecule has 0 aromatic heterocycles. The summed E-state index contributed by atoms with van der Waals surface area (Å²) in [5.41, 5.74) is -4.71. The lowest BCUT2D eigenvalue weighted by Gasteiger charge is -2.11. The van der Waals surface area contributed by atoms with Gasteiger partial charge in [-0.15, -0.1) is 0 Å². The van der Waals surface area contributed by atoms with E-state index in [4.69, 9.17) is 10.5 Å². The highest BCUT2D eigenvalue weighted by molar-refractivity contribution is 14.1. The van der Waals surface area contributed by atoms with Crippen LogP contribution in [0.1, 0.15) is 0 Å². The van der Waals surface area contributed by atoms with Crippen LogP contribution in [0.3, 0.4) is 0 Å². The molecule has 0 spiro atoms. The van der Waals surface area contributed by atoms with E-state index in [2.05, 4.69) is 5.10 Å². The van der Waals surface area contributed by atoms with Gasteiger partial charge in [-0.05, 0) is 34.7 Å². The maximum absolute atomic E-state index is 12.5. The summed E-state index contributed by atoms with van der Waals surface area (Å²) >= 11 is 1.42. The Balaban J connectivity index is 3.44. The zero-order valence-corrected chi connectivity index (χ0v) is 13.2. The molecule has 1 rings (SSSR count). The van der Waals surface area contributed by atoms with Crippen LogP contribution in [-0.2, 0) is 9.84 Å². The van der Waals surface area contributed by atoms with Crippen molar-refractivity contribution in [3.05, 3.63) is 15.7 Å². The number of aromatic hydroxyl groups is 1. The molecule has 0 saturated carbocycles. The van der Waals surface area contributed by atoms with Crippen LogP contribution in [0.4, 0.5) is 18.9 Å². The van der Waals surface area contributed by atoms with Crippen LogP contribution in [0.15, 0.2) is 22.1 Å². The van der Waals surface area contributed by atoms with E-state index in [-0.39, 0.29) is 3.57 Å². The molecule has 0 atom stereocenters. The standard InChI is InChI=1S/C10H4F3IN4O3S/c11-10(12,13)22(20,21)6-1-7(14)9(19)8(2-6)18-17-5(3-15)4-16/h1-2,18-19H. The minimum absolute atomic E-state index is 0.198. The van der Waals surface area contributed by atoms with E-state index in [0.29, 0.717) is 12.1 Å². The van der Waals surface area contributed by atoms with Gasteiger partial charge in [-0.3, -0.25) is 5.43 Å². The minimum Gasteiger partial charge on any atom is -0.505 e. The molecule has 0 heterocycles. The number of phenolic OH excluding ortho intramolecular Hbond substituents is 1. The molecule has 1 aromatic carbocycles. The molecule has 0 bridgehead atoms. The SMILES string of the molecule is N#CC(C#N)=NNc1cc(S(=O)(=O)C(F)(F)F)cc(I)c1O. The van der Waals surface area contributed by atoms with Gasteiger partial charge >= 0.3 is 5.51 Å². The number of benzene rings is 1. The Morgan fingerprint density at radius 3 is 2.32 bits per heavy atom. The first kappa shape index (κ1) is 18.0. The van der Waals surface area contributed by atoms with E-state index in [1.807, 2.05) is 5.43 Å². The third kappa shape index (κ3) is 3.58. The monoisotopic (exact) mass is 444 g/mol. The van der Waals surface area contributed by atoms with Crippen molar-refractivity contribution < 1.29 is 26.7 Å². The summed E-state index contributed by atoms with van der Waals surface area (Å²) in [6.45, 7) is 0. The fourth-order valence-electron chi connectivity index (χ4n) is 1.14. The molecule has 0 aliphatic heterocycles. The molecule has 12 heteroatoms. The van der Waals surface area contributed by atoms with Crippen molar-refractivity contribution in [1.29, 1.82) is 10.5 Å². The van der Waals surface area contributed by atoms with Gasteiger partial charge in [0, 0.05) is 0 Å². The Bertz CT molecular complexity index is 806. The number of alkyl halides is 3. The third-order valence-corrected chi connectivity index (χ3v) is 4.44. The number of anilines is 1. The Labute approximate surface area is 135 Å².